The van der Waals surface area contributed by atoms with E-state index in [1.54, 1.807) is 11.7 Å². The summed E-state index contributed by atoms with van der Waals surface area (Å²) in [6.07, 6.45) is 1.65. The lowest BCUT2D eigenvalue weighted by molar-refractivity contribution is -0.00710. The van der Waals surface area contributed by atoms with Crippen molar-refractivity contribution in [3.63, 3.8) is 0 Å². The summed E-state index contributed by atoms with van der Waals surface area (Å²) in [7, 11) is 1.76. The summed E-state index contributed by atoms with van der Waals surface area (Å²) in [6.45, 7) is 4.38. The van der Waals surface area contributed by atoms with Gasteiger partial charge >= 0.3 is 0 Å². The molecule has 0 aromatic carbocycles. The number of amides is 1. The predicted molar refractivity (Wildman–Crippen MR) is 82.9 cm³/mol. The van der Waals surface area contributed by atoms with Gasteiger partial charge in [-0.3, -0.25) is 9.48 Å². The number of alkyl halides is 2. The van der Waals surface area contributed by atoms with Crippen LogP contribution in [-0.4, -0.2) is 34.3 Å². The van der Waals surface area contributed by atoms with Crippen molar-refractivity contribution >= 4 is 5.91 Å². The Hall–Kier alpha value is -1.50. The van der Waals surface area contributed by atoms with Crippen LogP contribution in [0.25, 0.3) is 0 Å². The van der Waals surface area contributed by atoms with Crippen LogP contribution in [0, 0.1) is 11.3 Å². The van der Waals surface area contributed by atoms with E-state index in [1.807, 2.05) is 13.8 Å². The lowest BCUT2D eigenvalue weighted by atomic mass is 9.71. The Balaban J connectivity index is 1.41. The summed E-state index contributed by atoms with van der Waals surface area (Å²) >= 11 is 0. The van der Waals surface area contributed by atoms with Crippen LogP contribution >= 0.6 is 0 Å². The van der Waals surface area contributed by atoms with Crippen LogP contribution < -0.4 is 5.32 Å². The van der Waals surface area contributed by atoms with Crippen molar-refractivity contribution in [1.82, 2.24) is 15.1 Å². The predicted octanol–water partition coefficient (Wildman–Crippen LogP) is 2.61. The van der Waals surface area contributed by atoms with Crippen molar-refractivity contribution in [3.05, 3.63) is 17.0 Å². The van der Waals surface area contributed by atoms with Crippen LogP contribution in [0.1, 0.15) is 61.0 Å². The number of hydrogen-bond donors (Lipinski definition) is 1. The highest BCUT2D eigenvalue weighted by molar-refractivity contribution is 5.94. The van der Waals surface area contributed by atoms with Crippen molar-refractivity contribution in [2.75, 3.05) is 6.54 Å². The Kier molecular flexibility index (Phi) is 3.33. The summed E-state index contributed by atoms with van der Waals surface area (Å²) in [6, 6.07) is 0. The first-order chi connectivity index (χ1) is 11.2. The molecule has 2 heterocycles. The highest BCUT2D eigenvalue weighted by atomic mass is 19.3. The average molecular weight is 339 g/mol. The second kappa shape index (κ2) is 5.00. The lowest BCUT2D eigenvalue weighted by Crippen LogP contribution is -2.40. The fourth-order valence-corrected chi connectivity index (χ4v) is 4.48. The Bertz CT molecular complexity index is 694. The molecule has 0 unspecified atom stereocenters. The second-order valence-corrected chi connectivity index (χ2v) is 7.77. The van der Waals surface area contributed by atoms with E-state index in [2.05, 4.69) is 10.4 Å². The van der Waals surface area contributed by atoms with Gasteiger partial charge in [-0.2, -0.15) is 5.10 Å². The van der Waals surface area contributed by atoms with Crippen molar-refractivity contribution in [1.29, 1.82) is 0 Å². The van der Waals surface area contributed by atoms with E-state index >= 15 is 0 Å². The number of nitrogens with one attached hydrogen (secondary N) is 1. The van der Waals surface area contributed by atoms with E-state index in [1.165, 1.54) is 0 Å². The van der Waals surface area contributed by atoms with E-state index < -0.39 is 11.3 Å². The minimum atomic E-state index is -2.47. The monoisotopic (exact) mass is 339 g/mol. The number of nitrogens with zero attached hydrogens (tertiary/aromatic N) is 2. The largest absolute Gasteiger partial charge is 0.369 e. The molecule has 2 atom stereocenters. The third-order valence-corrected chi connectivity index (χ3v) is 5.83. The second-order valence-electron chi connectivity index (χ2n) is 7.77. The molecule has 1 spiro atoms. The molecule has 1 aromatic rings. The molecule has 0 saturated heterocycles. The third-order valence-electron chi connectivity index (χ3n) is 5.83. The molecule has 2 aliphatic carbocycles. The van der Waals surface area contributed by atoms with Crippen LogP contribution in [0.5, 0.6) is 0 Å². The van der Waals surface area contributed by atoms with Crippen LogP contribution in [-0.2, 0) is 18.2 Å². The van der Waals surface area contributed by atoms with Gasteiger partial charge in [-0.25, -0.2) is 8.78 Å². The number of halogens is 2. The van der Waals surface area contributed by atoms with Gasteiger partial charge in [0.1, 0.15) is 5.69 Å². The minimum absolute atomic E-state index is 0.0233. The topological polar surface area (TPSA) is 56.2 Å². The quantitative estimate of drug-likeness (QED) is 0.921. The highest BCUT2D eigenvalue weighted by Crippen LogP contribution is 2.72. The average Bonchev–Trinajstić information content (AvgIpc) is 2.85. The van der Waals surface area contributed by atoms with Crippen LogP contribution in [0.4, 0.5) is 8.78 Å². The molecule has 1 aromatic heterocycles. The lowest BCUT2D eigenvalue weighted by Gasteiger charge is -2.36. The first kappa shape index (κ1) is 16.0. The zero-order chi connectivity index (χ0) is 17.3. The molecule has 3 aliphatic rings. The Morgan fingerprint density at radius 3 is 2.71 bits per heavy atom. The van der Waals surface area contributed by atoms with Crippen molar-refractivity contribution < 1.29 is 18.3 Å². The van der Waals surface area contributed by atoms with Crippen LogP contribution in [0.15, 0.2) is 0 Å². The van der Waals surface area contributed by atoms with Gasteiger partial charge in [0.05, 0.1) is 17.9 Å². The number of rotatable bonds is 3. The number of carbonyl (C=O) groups excluding carboxylic acids is 1. The molecule has 24 heavy (non-hydrogen) atoms. The fourth-order valence-electron chi connectivity index (χ4n) is 4.48. The van der Waals surface area contributed by atoms with Gasteiger partial charge < -0.3 is 10.1 Å². The van der Waals surface area contributed by atoms with Crippen molar-refractivity contribution in [2.24, 2.45) is 18.4 Å². The van der Waals surface area contributed by atoms with Crippen LogP contribution in [0.3, 0.4) is 0 Å². The zero-order valence-corrected chi connectivity index (χ0v) is 14.2. The molecule has 2 fully saturated rings. The molecule has 0 bridgehead atoms. The number of aromatic nitrogens is 2. The fraction of sp³-hybridized carbons (Fsp3) is 0.765. The molecule has 7 heteroatoms. The van der Waals surface area contributed by atoms with Gasteiger partial charge in [0, 0.05) is 37.4 Å². The molecule has 4 rings (SSSR count). The van der Waals surface area contributed by atoms with Gasteiger partial charge in [-0.1, -0.05) is 0 Å². The molecular formula is C17H23F2N3O2. The molecule has 1 amide bonds. The van der Waals surface area contributed by atoms with Gasteiger partial charge in [0.2, 0.25) is 0 Å². The number of carbonyl (C=O) groups is 1. The van der Waals surface area contributed by atoms with Gasteiger partial charge in [-0.15, -0.1) is 0 Å². The minimum Gasteiger partial charge on any atom is -0.369 e. The third kappa shape index (κ3) is 2.28. The highest BCUT2D eigenvalue weighted by Gasteiger charge is 2.75. The SMILES string of the molecule is C[C@@H]1Cc2c(nn(C)c2C(=O)NCC2CC3(C2)CC3(F)F)[C@H](C)O1. The number of fused-ring (bicyclic) bond motifs is 1. The molecule has 1 N–H and O–H groups in total. The summed E-state index contributed by atoms with van der Waals surface area (Å²) in [4.78, 5) is 12.6. The molecule has 1 aliphatic heterocycles. The zero-order valence-electron chi connectivity index (χ0n) is 14.2. The standard InChI is InChI=1S/C17H23F2N3O2/c1-9-4-12-13(10(2)24-9)21-22(3)14(12)15(23)20-7-11-5-16(6-11)8-17(16,18)19/h9-11H,4-8H2,1-3H3,(H,20,23)/t9-,10+,11?,16?/m1/s1. The van der Waals surface area contributed by atoms with E-state index in [0.717, 1.165) is 11.3 Å². The van der Waals surface area contributed by atoms with Crippen molar-refractivity contribution in [3.8, 4) is 0 Å². The maximum absolute atomic E-state index is 13.2. The maximum Gasteiger partial charge on any atom is 0.269 e. The van der Waals surface area contributed by atoms with Crippen LogP contribution in [0.2, 0.25) is 0 Å². The first-order valence-corrected chi connectivity index (χ1v) is 8.60. The van der Waals surface area contributed by atoms with E-state index in [9.17, 15) is 13.6 Å². The molecule has 5 nitrogen and oxygen atoms in total. The number of aryl methyl sites for hydroxylation is 1. The molecular weight excluding hydrogens is 316 g/mol. The Labute approximate surface area is 139 Å². The van der Waals surface area contributed by atoms with Gasteiger partial charge in [-0.05, 0) is 32.6 Å². The Morgan fingerprint density at radius 2 is 2.08 bits per heavy atom. The smallest absolute Gasteiger partial charge is 0.269 e. The summed E-state index contributed by atoms with van der Waals surface area (Å²) in [5.41, 5.74) is 1.59. The summed E-state index contributed by atoms with van der Waals surface area (Å²) in [5.74, 6) is -2.48. The van der Waals surface area contributed by atoms with Gasteiger partial charge in [0.25, 0.3) is 11.8 Å². The molecule has 2 saturated carbocycles. The van der Waals surface area contributed by atoms with Crippen molar-refractivity contribution in [2.45, 2.75) is 57.7 Å². The summed E-state index contributed by atoms with van der Waals surface area (Å²) in [5, 5.41) is 7.35. The molecule has 132 valence electrons. The van der Waals surface area contributed by atoms with E-state index in [-0.39, 0.29) is 30.5 Å². The number of hydrogen-bond acceptors (Lipinski definition) is 3. The van der Waals surface area contributed by atoms with Gasteiger partial charge in [0.15, 0.2) is 0 Å². The number of ether oxygens (including phenoxy) is 1. The normalized spacial score (nSPS) is 36.1. The molecule has 0 radical (unpaired) electrons. The maximum atomic E-state index is 13.2. The Morgan fingerprint density at radius 1 is 1.42 bits per heavy atom. The van der Waals surface area contributed by atoms with E-state index in [4.69, 9.17) is 4.74 Å². The first-order valence-electron chi connectivity index (χ1n) is 8.60. The summed E-state index contributed by atoms with van der Waals surface area (Å²) < 4.78 is 33.8. The van der Waals surface area contributed by atoms with E-state index in [0.29, 0.717) is 31.5 Å².